The van der Waals surface area contributed by atoms with Crippen LogP contribution in [0, 0.1) is 0 Å². The van der Waals surface area contributed by atoms with E-state index in [4.69, 9.17) is 11.6 Å². The van der Waals surface area contributed by atoms with Gasteiger partial charge in [0.2, 0.25) is 0 Å². The van der Waals surface area contributed by atoms with Crippen molar-refractivity contribution in [2.24, 2.45) is 0 Å². The second-order valence-electron chi connectivity index (χ2n) is 4.78. The lowest BCUT2D eigenvalue weighted by Gasteiger charge is -2.32. The second kappa shape index (κ2) is 3.81. The molecular formula is C11H14ClNO2S. The van der Waals surface area contributed by atoms with E-state index in [1.54, 1.807) is 22.5 Å². The number of benzene rings is 1. The Bertz CT molecular complexity index is 456. The lowest BCUT2D eigenvalue weighted by atomic mass is 10.1. The molecule has 0 spiro atoms. The molecule has 5 heteroatoms. The van der Waals surface area contributed by atoms with Gasteiger partial charge in [-0.1, -0.05) is 23.7 Å². The van der Waals surface area contributed by atoms with Crippen LogP contribution < -0.4 is 0 Å². The van der Waals surface area contributed by atoms with Crippen molar-refractivity contribution in [3.63, 3.8) is 0 Å². The number of halogens is 1. The third-order valence-electron chi connectivity index (χ3n) is 2.51. The Morgan fingerprint density at radius 3 is 2.56 bits per heavy atom. The summed E-state index contributed by atoms with van der Waals surface area (Å²) in [7, 11) is -1.40. The minimum Gasteiger partial charge on any atom is -0.373 e. The zero-order valence-corrected chi connectivity index (χ0v) is 11.0. The van der Waals surface area contributed by atoms with Gasteiger partial charge in [-0.25, -0.2) is 4.21 Å². The molecule has 0 amide bonds. The molecule has 1 aromatic carbocycles. The molecule has 0 aromatic heterocycles. The molecule has 2 atom stereocenters. The third kappa shape index (κ3) is 1.70. The first-order valence-electron chi connectivity index (χ1n) is 5.02. The summed E-state index contributed by atoms with van der Waals surface area (Å²) in [5.41, 5.74) is 0.257. The molecule has 1 heterocycles. The van der Waals surface area contributed by atoms with Crippen LogP contribution in [0.2, 0.25) is 5.02 Å². The van der Waals surface area contributed by atoms with Crippen molar-refractivity contribution in [3.8, 4) is 0 Å². The molecule has 1 aliphatic rings. The minimum atomic E-state index is -1.40. The number of hydrogen-bond acceptors (Lipinski definition) is 2. The lowest BCUT2D eigenvalue weighted by Crippen LogP contribution is -2.41. The standard InChI is InChI=1S/C11H14ClNO2S/c1-11(2,3)13-10(14)7-5-4-6-8(12)9(7)16(13)15/h4-6,10,14H,1-3H3. The highest BCUT2D eigenvalue weighted by molar-refractivity contribution is 7.83. The monoisotopic (exact) mass is 259 g/mol. The lowest BCUT2D eigenvalue weighted by molar-refractivity contribution is 0.0241. The summed E-state index contributed by atoms with van der Waals surface area (Å²) in [5, 5.41) is 10.6. The summed E-state index contributed by atoms with van der Waals surface area (Å²) < 4.78 is 13.8. The summed E-state index contributed by atoms with van der Waals surface area (Å²) in [4.78, 5) is 0.534. The van der Waals surface area contributed by atoms with Gasteiger partial charge < -0.3 is 5.11 Å². The smallest absolute Gasteiger partial charge is 0.146 e. The van der Waals surface area contributed by atoms with Crippen molar-refractivity contribution in [1.29, 1.82) is 0 Å². The highest BCUT2D eigenvalue weighted by Crippen LogP contribution is 2.42. The van der Waals surface area contributed by atoms with Crippen LogP contribution in [0.15, 0.2) is 23.1 Å². The van der Waals surface area contributed by atoms with E-state index < -0.39 is 17.2 Å². The van der Waals surface area contributed by atoms with Crippen LogP contribution >= 0.6 is 11.6 Å². The van der Waals surface area contributed by atoms with Gasteiger partial charge in [0.05, 0.1) is 9.92 Å². The average Bonchev–Trinajstić information content (AvgIpc) is 2.39. The molecule has 1 aliphatic heterocycles. The first-order valence-corrected chi connectivity index (χ1v) is 6.50. The molecule has 3 nitrogen and oxygen atoms in total. The number of hydrogen-bond donors (Lipinski definition) is 1. The van der Waals surface area contributed by atoms with Crippen LogP contribution in [-0.2, 0) is 11.0 Å². The van der Waals surface area contributed by atoms with E-state index in [0.717, 1.165) is 0 Å². The number of rotatable bonds is 0. The molecule has 2 rings (SSSR count). The van der Waals surface area contributed by atoms with E-state index in [1.165, 1.54) is 0 Å². The predicted octanol–water partition coefficient (Wildman–Crippen LogP) is 2.47. The Labute approximate surface area is 103 Å². The Hall–Kier alpha value is -0.420. The zero-order valence-electron chi connectivity index (χ0n) is 9.40. The van der Waals surface area contributed by atoms with Crippen LogP contribution in [0.25, 0.3) is 0 Å². The molecule has 0 saturated heterocycles. The van der Waals surface area contributed by atoms with Gasteiger partial charge in [0, 0.05) is 11.1 Å². The number of fused-ring (bicyclic) bond motifs is 1. The van der Waals surface area contributed by atoms with Gasteiger partial charge in [0.25, 0.3) is 0 Å². The first-order chi connectivity index (χ1) is 7.34. The van der Waals surface area contributed by atoms with Gasteiger partial charge in [0.15, 0.2) is 0 Å². The van der Waals surface area contributed by atoms with Crippen LogP contribution in [0.4, 0.5) is 0 Å². The van der Waals surface area contributed by atoms with Crippen molar-refractivity contribution >= 4 is 22.6 Å². The summed E-state index contributed by atoms with van der Waals surface area (Å²) >= 11 is 6.01. The van der Waals surface area contributed by atoms with Crippen molar-refractivity contribution in [3.05, 3.63) is 28.8 Å². The van der Waals surface area contributed by atoms with Crippen molar-refractivity contribution in [2.75, 3.05) is 0 Å². The number of aliphatic hydroxyl groups is 1. The van der Waals surface area contributed by atoms with Crippen molar-refractivity contribution < 1.29 is 9.32 Å². The fourth-order valence-electron chi connectivity index (χ4n) is 1.84. The topological polar surface area (TPSA) is 40.5 Å². The molecule has 1 aromatic rings. The Balaban J connectivity index is 2.57. The van der Waals surface area contributed by atoms with E-state index in [0.29, 0.717) is 15.5 Å². The minimum absolute atomic E-state index is 0.382. The summed E-state index contributed by atoms with van der Waals surface area (Å²) in [6.07, 6.45) is -0.852. The summed E-state index contributed by atoms with van der Waals surface area (Å²) in [5.74, 6) is 0. The maximum atomic E-state index is 12.3. The van der Waals surface area contributed by atoms with Crippen LogP contribution in [0.5, 0.6) is 0 Å². The summed E-state index contributed by atoms with van der Waals surface area (Å²) in [6, 6.07) is 5.21. The second-order valence-corrected chi connectivity index (χ2v) is 6.48. The van der Waals surface area contributed by atoms with Gasteiger partial charge >= 0.3 is 0 Å². The molecule has 2 unspecified atom stereocenters. The van der Waals surface area contributed by atoms with Crippen LogP contribution in [-0.4, -0.2) is 19.2 Å². The van der Waals surface area contributed by atoms with E-state index in [2.05, 4.69) is 0 Å². The van der Waals surface area contributed by atoms with Gasteiger partial charge in [-0.3, -0.25) is 0 Å². The normalized spacial score (nSPS) is 25.8. The number of aliphatic hydroxyl groups excluding tert-OH is 1. The van der Waals surface area contributed by atoms with Crippen molar-refractivity contribution in [1.82, 2.24) is 4.31 Å². The molecule has 0 aliphatic carbocycles. The van der Waals surface area contributed by atoms with E-state index >= 15 is 0 Å². The SMILES string of the molecule is CC(C)(C)N1C(O)c2cccc(Cl)c2S1=O. The Kier molecular flexibility index (Phi) is 2.87. The Morgan fingerprint density at radius 1 is 1.44 bits per heavy atom. The molecule has 88 valence electrons. The quantitative estimate of drug-likeness (QED) is 0.778. The maximum absolute atomic E-state index is 12.3. The highest BCUT2D eigenvalue weighted by atomic mass is 35.5. The van der Waals surface area contributed by atoms with Crippen LogP contribution in [0.3, 0.4) is 0 Å². The van der Waals surface area contributed by atoms with Gasteiger partial charge in [-0.2, -0.15) is 4.31 Å². The van der Waals surface area contributed by atoms with Gasteiger partial charge in [-0.15, -0.1) is 0 Å². The van der Waals surface area contributed by atoms with Crippen molar-refractivity contribution in [2.45, 2.75) is 37.4 Å². The van der Waals surface area contributed by atoms with Crippen LogP contribution in [0.1, 0.15) is 32.6 Å². The predicted molar refractivity (Wildman–Crippen MR) is 64.4 cm³/mol. The molecule has 0 radical (unpaired) electrons. The first kappa shape index (κ1) is 12.0. The zero-order chi connectivity index (χ0) is 12.1. The largest absolute Gasteiger partial charge is 0.373 e. The maximum Gasteiger partial charge on any atom is 0.146 e. The Morgan fingerprint density at radius 2 is 2.06 bits per heavy atom. The van der Waals surface area contributed by atoms with Gasteiger partial charge in [-0.05, 0) is 26.8 Å². The fraction of sp³-hybridized carbons (Fsp3) is 0.455. The van der Waals surface area contributed by atoms with Gasteiger partial charge in [0.1, 0.15) is 17.2 Å². The third-order valence-corrected chi connectivity index (χ3v) is 4.85. The van der Waals surface area contributed by atoms with E-state index in [-0.39, 0.29) is 5.54 Å². The molecule has 1 N–H and O–H groups in total. The molecule has 0 fully saturated rings. The molecule has 16 heavy (non-hydrogen) atoms. The summed E-state index contributed by atoms with van der Waals surface area (Å²) in [6.45, 7) is 5.73. The molecule has 0 saturated carbocycles. The highest BCUT2D eigenvalue weighted by Gasteiger charge is 2.42. The van der Waals surface area contributed by atoms with E-state index in [1.807, 2.05) is 20.8 Å². The molecular weight excluding hydrogens is 246 g/mol. The average molecular weight is 260 g/mol. The van der Waals surface area contributed by atoms with E-state index in [9.17, 15) is 9.32 Å². The number of nitrogens with zero attached hydrogens (tertiary/aromatic N) is 1. The molecule has 0 bridgehead atoms. The fourth-order valence-corrected chi connectivity index (χ4v) is 3.82.